The standard InChI is InChI=1S/C24H21BrFN3O/c25-19-11-7-17(8-12-19)16-29-22-5-2-1-4-21(22)28-23(29)6-3-15-27-24(30)18-9-13-20(26)14-10-18/h1-2,4-5,7-14H,3,6,15-16H2,(H,27,30). The molecule has 30 heavy (non-hydrogen) atoms. The molecule has 0 spiro atoms. The maximum absolute atomic E-state index is 13.0. The molecule has 0 radical (unpaired) electrons. The molecule has 1 heterocycles. The van der Waals surface area contributed by atoms with Crippen LogP contribution < -0.4 is 5.32 Å². The first-order chi connectivity index (χ1) is 14.6. The van der Waals surface area contributed by atoms with Crippen LogP contribution in [0.3, 0.4) is 0 Å². The summed E-state index contributed by atoms with van der Waals surface area (Å²) < 4.78 is 16.3. The molecule has 1 aromatic heterocycles. The lowest BCUT2D eigenvalue weighted by Crippen LogP contribution is -2.25. The number of nitrogens with zero attached hydrogens (tertiary/aromatic N) is 2. The van der Waals surface area contributed by atoms with Gasteiger partial charge in [0.15, 0.2) is 0 Å². The summed E-state index contributed by atoms with van der Waals surface area (Å²) in [5.74, 6) is 0.449. The number of fused-ring (bicyclic) bond motifs is 1. The number of nitrogens with one attached hydrogen (secondary N) is 1. The van der Waals surface area contributed by atoms with E-state index in [1.165, 1.54) is 29.8 Å². The summed E-state index contributed by atoms with van der Waals surface area (Å²) in [4.78, 5) is 17.0. The molecule has 0 bridgehead atoms. The highest BCUT2D eigenvalue weighted by Crippen LogP contribution is 2.20. The van der Waals surface area contributed by atoms with Crippen LogP contribution in [0.25, 0.3) is 11.0 Å². The zero-order valence-corrected chi connectivity index (χ0v) is 17.9. The third-order valence-corrected chi connectivity index (χ3v) is 5.49. The molecule has 4 rings (SSSR count). The Morgan fingerprint density at radius 2 is 1.73 bits per heavy atom. The van der Waals surface area contributed by atoms with Crippen molar-refractivity contribution in [2.24, 2.45) is 0 Å². The lowest BCUT2D eigenvalue weighted by Gasteiger charge is -2.10. The van der Waals surface area contributed by atoms with Crippen molar-refractivity contribution in [1.29, 1.82) is 0 Å². The SMILES string of the molecule is O=C(NCCCc1nc2ccccc2n1Cc1ccc(Br)cc1)c1ccc(F)cc1. The summed E-state index contributed by atoms with van der Waals surface area (Å²) in [5, 5.41) is 2.89. The maximum atomic E-state index is 13.0. The molecule has 4 nitrogen and oxygen atoms in total. The van der Waals surface area contributed by atoms with Gasteiger partial charge in [-0.3, -0.25) is 4.79 Å². The van der Waals surface area contributed by atoms with Gasteiger partial charge >= 0.3 is 0 Å². The third kappa shape index (κ3) is 4.76. The molecule has 152 valence electrons. The summed E-state index contributed by atoms with van der Waals surface area (Å²) in [7, 11) is 0. The Kier molecular flexibility index (Phi) is 6.23. The summed E-state index contributed by atoms with van der Waals surface area (Å²) in [6.07, 6.45) is 1.51. The van der Waals surface area contributed by atoms with Crippen molar-refractivity contribution in [2.45, 2.75) is 19.4 Å². The number of benzene rings is 3. The normalized spacial score (nSPS) is 11.0. The molecule has 0 aliphatic rings. The Morgan fingerprint density at radius 3 is 2.50 bits per heavy atom. The molecule has 1 N–H and O–H groups in total. The molecular formula is C24H21BrFN3O. The Labute approximate surface area is 182 Å². The van der Waals surface area contributed by atoms with Gasteiger partial charge in [0.05, 0.1) is 11.0 Å². The molecule has 0 fully saturated rings. The number of aryl methyl sites for hydroxylation is 1. The van der Waals surface area contributed by atoms with Gasteiger partial charge in [0.25, 0.3) is 5.91 Å². The van der Waals surface area contributed by atoms with E-state index in [2.05, 4.69) is 44.0 Å². The van der Waals surface area contributed by atoms with E-state index in [-0.39, 0.29) is 11.7 Å². The molecule has 0 aliphatic carbocycles. The van der Waals surface area contributed by atoms with Crippen molar-refractivity contribution in [2.75, 3.05) is 6.54 Å². The highest BCUT2D eigenvalue weighted by atomic mass is 79.9. The van der Waals surface area contributed by atoms with Gasteiger partial charge < -0.3 is 9.88 Å². The molecule has 0 saturated heterocycles. The van der Waals surface area contributed by atoms with Crippen LogP contribution in [0, 0.1) is 5.82 Å². The van der Waals surface area contributed by atoms with Gasteiger partial charge in [-0.2, -0.15) is 0 Å². The quantitative estimate of drug-likeness (QED) is 0.374. The Balaban J connectivity index is 1.43. The van der Waals surface area contributed by atoms with Gasteiger partial charge in [-0.25, -0.2) is 9.37 Å². The average molecular weight is 466 g/mol. The van der Waals surface area contributed by atoms with Crippen LogP contribution in [0.15, 0.2) is 77.3 Å². The predicted octanol–water partition coefficient (Wildman–Crippen LogP) is 5.35. The fourth-order valence-electron chi connectivity index (χ4n) is 3.42. The molecule has 4 aromatic rings. The monoisotopic (exact) mass is 465 g/mol. The predicted molar refractivity (Wildman–Crippen MR) is 120 cm³/mol. The van der Waals surface area contributed by atoms with Gasteiger partial charge in [-0.05, 0) is 60.5 Å². The zero-order chi connectivity index (χ0) is 20.9. The van der Waals surface area contributed by atoms with E-state index in [0.29, 0.717) is 12.1 Å². The molecule has 0 unspecified atom stereocenters. The van der Waals surface area contributed by atoms with E-state index in [0.717, 1.165) is 40.7 Å². The van der Waals surface area contributed by atoms with E-state index < -0.39 is 0 Å². The number of halogens is 2. The largest absolute Gasteiger partial charge is 0.352 e. The van der Waals surface area contributed by atoms with Crippen molar-refractivity contribution in [1.82, 2.24) is 14.9 Å². The minimum absolute atomic E-state index is 0.196. The Morgan fingerprint density at radius 1 is 1.00 bits per heavy atom. The van der Waals surface area contributed by atoms with Crippen LogP contribution >= 0.6 is 15.9 Å². The minimum atomic E-state index is -0.351. The van der Waals surface area contributed by atoms with Crippen molar-refractivity contribution in [3.8, 4) is 0 Å². The summed E-state index contributed by atoms with van der Waals surface area (Å²) in [5.41, 5.74) is 3.73. The van der Waals surface area contributed by atoms with Crippen molar-refractivity contribution >= 4 is 32.9 Å². The summed E-state index contributed by atoms with van der Waals surface area (Å²) >= 11 is 3.48. The fraction of sp³-hybridized carbons (Fsp3) is 0.167. The maximum Gasteiger partial charge on any atom is 0.251 e. The summed E-state index contributed by atoms with van der Waals surface area (Å²) in [6.45, 7) is 1.27. The van der Waals surface area contributed by atoms with Gasteiger partial charge in [0, 0.05) is 29.5 Å². The van der Waals surface area contributed by atoms with E-state index >= 15 is 0 Å². The third-order valence-electron chi connectivity index (χ3n) is 4.96. The number of carbonyl (C=O) groups is 1. The van der Waals surface area contributed by atoms with Crippen LogP contribution in [-0.2, 0) is 13.0 Å². The lowest BCUT2D eigenvalue weighted by atomic mass is 10.2. The summed E-state index contributed by atoms with van der Waals surface area (Å²) in [6, 6.07) is 22.0. The van der Waals surface area contributed by atoms with Gasteiger partial charge in [0.2, 0.25) is 0 Å². The lowest BCUT2D eigenvalue weighted by molar-refractivity contribution is 0.0953. The van der Waals surface area contributed by atoms with E-state index in [9.17, 15) is 9.18 Å². The average Bonchev–Trinajstić information content (AvgIpc) is 3.10. The zero-order valence-electron chi connectivity index (χ0n) is 16.3. The molecule has 3 aromatic carbocycles. The number of amides is 1. The Bertz CT molecular complexity index is 1150. The highest BCUT2D eigenvalue weighted by molar-refractivity contribution is 9.10. The number of para-hydroxylation sites is 2. The van der Waals surface area contributed by atoms with Gasteiger partial charge in [0.1, 0.15) is 11.6 Å². The number of hydrogen-bond donors (Lipinski definition) is 1. The molecular weight excluding hydrogens is 445 g/mol. The van der Waals surface area contributed by atoms with Crippen LogP contribution in [-0.4, -0.2) is 22.0 Å². The number of carbonyl (C=O) groups excluding carboxylic acids is 1. The molecule has 6 heteroatoms. The van der Waals surface area contributed by atoms with Crippen molar-refractivity contribution in [3.63, 3.8) is 0 Å². The van der Waals surface area contributed by atoms with E-state index in [1.54, 1.807) is 0 Å². The van der Waals surface area contributed by atoms with Crippen LogP contribution in [0.4, 0.5) is 4.39 Å². The van der Waals surface area contributed by atoms with Gasteiger partial charge in [-0.1, -0.05) is 40.2 Å². The number of imidazole rings is 1. The molecule has 1 amide bonds. The van der Waals surface area contributed by atoms with Crippen molar-refractivity contribution in [3.05, 3.63) is 100 Å². The molecule has 0 atom stereocenters. The first kappa shape index (κ1) is 20.3. The molecule has 0 aliphatic heterocycles. The van der Waals surface area contributed by atoms with Crippen LogP contribution in [0.5, 0.6) is 0 Å². The topological polar surface area (TPSA) is 46.9 Å². The first-order valence-corrected chi connectivity index (χ1v) is 10.6. The Hall–Kier alpha value is -2.99. The van der Waals surface area contributed by atoms with Crippen LogP contribution in [0.1, 0.15) is 28.2 Å². The smallest absolute Gasteiger partial charge is 0.251 e. The highest BCUT2D eigenvalue weighted by Gasteiger charge is 2.11. The van der Waals surface area contributed by atoms with E-state index in [4.69, 9.17) is 4.98 Å². The number of rotatable bonds is 7. The van der Waals surface area contributed by atoms with E-state index in [1.807, 2.05) is 30.3 Å². The second-order valence-electron chi connectivity index (χ2n) is 7.10. The number of hydrogen-bond acceptors (Lipinski definition) is 2. The fourth-order valence-corrected chi connectivity index (χ4v) is 3.68. The van der Waals surface area contributed by atoms with Crippen LogP contribution in [0.2, 0.25) is 0 Å². The number of aromatic nitrogens is 2. The van der Waals surface area contributed by atoms with Crippen molar-refractivity contribution < 1.29 is 9.18 Å². The first-order valence-electron chi connectivity index (χ1n) is 9.82. The second kappa shape index (κ2) is 9.22. The molecule has 0 saturated carbocycles. The van der Waals surface area contributed by atoms with Gasteiger partial charge in [-0.15, -0.1) is 0 Å². The second-order valence-corrected chi connectivity index (χ2v) is 8.01. The minimum Gasteiger partial charge on any atom is -0.352 e.